The van der Waals surface area contributed by atoms with Crippen LogP contribution >= 0.6 is 11.6 Å². The minimum Gasteiger partial charge on any atom is -0.464 e. The van der Waals surface area contributed by atoms with Crippen molar-refractivity contribution in [3.8, 4) is 6.01 Å². The zero-order valence-corrected chi connectivity index (χ0v) is 11.1. The number of nitrogens with zero attached hydrogens (tertiary/aromatic N) is 3. The van der Waals surface area contributed by atoms with Gasteiger partial charge in [0.2, 0.25) is 11.2 Å². The maximum atomic E-state index is 5.74. The van der Waals surface area contributed by atoms with E-state index in [1.165, 1.54) is 0 Å². The van der Waals surface area contributed by atoms with E-state index in [9.17, 15) is 0 Å². The summed E-state index contributed by atoms with van der Waals surface area (Å²) in [4.78, 5) is 11.8. The van der Waals surface area contributed by atoms with E-state index >= 15 is 0 Å². The first-order valence-corrected chi connectivity index (χ1v) is 6.11. The second-order valence-corrected chi connectivity index (χ2v) is 3.60. The molecule has 0 amide bonds. The zero-order chi connectivity index (χ0) is 13.2. The number of anilines is 1. The molecule has 0 radical (unpaired) electrons. The standard InChI is InChI=1S/C11H17ClN4O2/c1-3-5-7-17-8-6-13-10-14-9(12)15-11(16-10)18-4-2/h3H,1,4-8H2,2H3,(H,13,14,15,16). The van der Waals surface area contributed by atoms with Crippen LogP contribution in [0.2, 0.25) is 5.28 Å². The van der Waals surface area contributed by atoms with Gasteiger partial charge in [-0.1, -0.05) is 6.08 Å². The Bertz CT molecular complexity index is 376. The van der Waals surface area contributed by atoms with E-state index in [4.69, 9.17) is 21.1 Å². The predicted octanol–water partition coefficient (Wildman–Crippen LogP) is 1.93. The van der Waals surface area contributed by atoms with Crippen molar-refractivity contribution in [1.82, 2.24) is 15.0 Å². The number of rotatable bonds is 9. The molecule has 0 aliphatic heterocycles. The summed E-state index contributed by atoms with van der Waals surface area (Å²) in [5.41, 5.74) is 0. The van der Waals surface area contributed by atoms with E-state index < -0.39 is 0 Å². The van der Waals surface area contributed by atoms with E-state index in [1.807, 2.05) is 13.0 Å². The molecule has 0 bridgehead atoms. The Labute approximate surface area is 111 Å². The largest absolute Gasteiger partial charge is 0.464 e. The third-order valence-corrected chi connectivity index (χ3v) is 2.03. The molecule has 1 rings (SSSR count). The van der Waals surface area contributed by atoms with E-state index in [0.717, 1.165) is 6.42 Å². The van der Waals surface area contributed by atoms with Gasteiger partial charge in [-0.05, 0) is 24.9 Å². The summed E-state index contributed by atoms with van der Waals surface area (Å²) in [7, 11) is 0. The minimum absolute atomic E-state index is 0.100. The molecule has 0 spiro atoms. The van der Waals surface area contributed by atoms with Gasteiger partial charge in [-0.25, -0.2) is 0 Å². The Morgan fingerprint density at radius 3 is 2.89 bits per heavy atom. The summed E-state index contributed by atoms with van der Waals surface area (Å²) in [6.45, 7) is 7.74. The smallest absolute Gasteiger partial charge is 0.322 e. The van der Waals surface area contributed by atoms with Crippen LogP contribution < -0.4 is 10.1 Å². The van der Waals surface area contributed by atoms with Gasteiger partial charge in [-0.15, -0.1) is 6.58 Å². The average molecular weight is 273 g/mol. The molecule has 0 aliphatic carbocycles. The molecule has 6 nitrogen and oxygen atoms in total. The fraction of sp³-hybridized carbons (Fsp3) is 0.545. The molecule has 1 aromatic heterocycles. The number of halogens is 1. The van der Waals surface area contributed by atoms with Gasteiger partial charge in [0.1, 0.15) is 0 Å². The highest BCUT2D eigenvalue weighted by Gasteiger charge is 2.04. The molecular formula is C11H17ClN4O2. The normalized spacial score (nSPS) is 10.1. The minimum atomic E-state index is 0.100. The topological polar surface area (TPSA) is 69.2 Å². The summed E-state index contributed by atoms with van der Waals surface area (Å²) in [5, 5.41) is 3.08. The Morgan fingerprint density at radius 1 is 1.33 bits per heavy atom. The van der Waals surface area contributed by atoms with Crippen molar-refractivity contribution in [3.05, 3.63) is 17.9 Å². The van der Waals surface area contributed by atoms with Crippen molar-refractivity contribution in [2.75, 3.05) is 31.7 Å². The monoisotopic (exact) mass is 272 g/mol. The Kier molecular flexibility index (Phi) is 7.05. The van der Waals surface area contributed by atoms with Crippen molar-refractivity contribution in [3.63, 3.8) is 0 Å². The van der Waals surface area contributed by atoms with Crippen LogP contribution in [-0.4, -0.2) is 41.3 Å². The Morgan fingerprint density at radius 2 is 2.17 bits per heavy atom. The predicted molar refractivity (Wildman–Crippen MR) is 70.1 cm³/mol. The molecule has 1 heterocycles. The third-order valence-electron chi connectivity index (χ3n) is 1.86. The van der Waals surface area contributed by atoms with E-state index in [0.29, 0.717) is 32.3 Å². The number of aromatic nitrogens is 3. The van der Waals surface area contributed by atoms with Crippen LogP contribution in [0.5, 0.6) is 6.01 Å². The van der Waals surface area contributed by atoms with Crippen LogP contribution in [0.3, 0.4) is 0 Å². The van der Waals surface area contributed by atoms with Gasteiger partial charge in [-0.2, -0.15) is 15.0 Å². The van der Waals surface area contributed by atoms with Crippen molar-refractivity contribution in [2.45, 2.75) is 13.3 Å². The third kappa shape index (κ3) is 5.79. The van der Waals surface area contributed by atoms with Crippen LogP contribution in [0.15, 0.2) is 12.7 Å². The van der Waals surface area contributed by atoms with E-state index in [2.05, 4.69) is 26.8 Å². The first-order chi connectivity index (χ1) is 8.76. The highest BCUT2D eigenvalue weighted by atomic mass is 35.5. The highest BCUT2D eigenvalue weighted by Crippen LogP contribution is 2.10. The van der Waals surface area contributed by atoms with Gasteiger partial charge < -0.3 is 14.8 Å². The molecule has 0 fully saturated rings. The van der Waals surface area contributed by atoms with Crippen molar-refractivity contribution in [2.24, 2.45) is 0 Å². The van der Waals surface area contributed by atoms with Crippen LogP contribution in [0.4, 0.5) is 5.95 Å². The summed E-state index contributed by atoms with van der Waals surface area (Å²) in [5.74, 6) is 0.380. The fourth-order valence-corrected chi connectivity index (χ4v) is 1.26. The second kappa shape index (κ2) is 8.66. The molecule has 0 unspecified atom stereocenters. The Hall–Kier alpha value is -1.40. The molecule has 100 valence electrons. The lowest BCUT2D eigenvalue weighted by molar-refractivity contribution is 0.148. The molecule has 0 saturated carbocycles. The molecule has 1 N–H and O–H groups in total. The van der Waals surface area contributed by atoms with Crippen LogP contribution in [-0.2, 0) is 4.74 Å². The maximum Gasteiger partial charge on any atom is 0.322 e. The van der Waals surface area contributed by atoms with Gasteiger partial charge >= 0.3 is 6.01 Å². The van der Waals surface area contributed by atoms with E-state index in [1.54, 1.807) is 0 Å². The van der Waals surface area contributed by atoms with Crippen molar-refractivity contribution in [1.29, 1.82) is 0 Å². The first kappa shape index (κ1) is 14.7. The average Bonchev–Trinajstić information content (AvgIpc) is 2.33. The number of nitrogens with one attached hydrogen (secondary N) is 1. The quantitative estimate of drug-likeness (QED) is 0.547. The van der Waals surface area contributed by atoms with Crippen molar-refractivity contribution >= 4 is 17.5 Å². The molecule has 18 heavy (non-hydrogen) atoms. The molecular weight excluding hydrogens is 256 g/mol. The highest BCUT2D eigenvalue weighted by molar-refractivity contribution is 6.28. The molecule has 0 atom stereocenters. The molecule has 7 heteroatoms. The zero-order valence-electron chi connectivity index (χ0n) is 10.4. The van der Waals surface area contributed by atoms with Gasteiger partial charge in [0, 0.05) is 6.54 Å². The van der Waals surface area contributed by atoms with Gasteiger partial charge in [0.15, 0.2) is 0 Å². The Balaban J connectivity index is 2.34. The summed E-state index contributed by atoms with van der Waals surface area (Å²) in [6.07, 6.45) is 2.65. The summed E-state index contributed by atoms with van der Waals surface area (Å²) >= 11 is 5.74. The molecule has 1 aromatic rings. The van der Waals surface area contributed by atoms with Crippen molar-refractivity contribution < 1.29 is 9.47 Å². The lowest BCUT2D eigenvalue weighted by Crippen LogP contribution is -2.13. The van der Waals surface area contributed by atoms with Gasteiger partial charge in [0.05, 0.1) is 19.8 Å². The number of hydrogen-bond donors (Lipinski definition) is 1. The molecule has 0 saturated heterocycles. The maximum absolute atomic E-state index is 5.74. The van der Waals surface area contributed by atoms with Gasteiger partial charge in [0.25, 0.3) is 0 Å². The van der Waals surface area contributed by atoms with Crippen LogP contribution in [0, 0.1) is 0 Å². The number of ether oxygens (including phenoxy) is 2. The lowest BCUT2D eigenvalue weighted by Gasteiger charge is -2.07. The lowest BCUT2D eigenvalue weighted by atomic mass is 10.4. The first-order valence-electron chi connectivity index (χ1n) is 5.73. The summed E-state index contributed by atoms with van der Waals surface area (Å²) in [6, 6.07) is 0.215. The van der Waals surface area contributed by atoms with Crippen LogP contribution in [0.25, 0.3) is 0 Å². The van der Waals surface area contributed by atoms with Gasteiger partial charge in [-0.3, -0.25) is 0 Å². The van der Waals surface area contributed by atoms with Crippen LogP contribution in [0.1, 0.15) is 13.3 Å². The van der Waals surface area contributed by atoms with E-state index in [-0.39, 0.29) is 11.3 Å². The number of hydrogen-bond acceptors (Lipinski definition) is 6. The molecule has 0 aliphatic rings. The SMILES string of the molecule is C=CCCOCCNc1nc(Cl)nc(OCC)n1. The summed E-state index contributed by atoms with van der Waals surface area (Å²) < 4.78 is 10.5. The fourth-order valence-electron chi connectivity index (χ4n) is 1.11. The second-order valence-electron chi connectivity index (χ2n) is 3.26. The molecule has 0 aromatic carbocycles.